The fourth-order valence-corrected chi connectivity index (χ4v) is 4.55. The van der Waals surface area contributed by atoms with Crippen LogP contribution in [0, 0.1) is 0 Å². The number of hydrogen-bond acceptors (Lipinski definition) is 5. The highest BCUT2D eigenvalue weighted by Gasteiger charge is 2.41. The molecule has 6 rings (SSSR count). The van der Waals surface area contributed by atoms with Crippen LogP contribution in [-0.4, -0.2) is 34.3 Å². The van der Waals surface area contributed by atoms with E-state index in [4.69, 9.17) is 0 Å². The van der Waals surface area contributed by atoms with Crippen LogP contribution in [0.4, 0.5) is 0 Å². The Balaban J connectivity index is 1.42. The van der Waals surface area contributed by atoms with E-state index in [0.717, 1.165) is 28.5 Å². The monoisotopic (exact) mass is 427 g/mol. The van der Waals surface area contributed by atoms with E-state index < -0.39 is 11.2 Å². The zero-order chi connectivity index (χ0) is 22.0. The Morgan fingerprint density at radius 2 is 2.03 bits per heavy atom. The van der Waals surface area contributed by atoms with Gasteiger partial charge < -0.3 is 4.98 Å². The molecule has 32 heavy (non-hydrogen) atoms. The molecule has 4 heterocycles. The predicted molar refractivity (Wildman–Crippen MR) is 120 cm³/mol. The topological polar surface area (TPSA) is 114 Å². The normalized spacial score (nSPS) is 18.1. The molecule has 2 N–H and O–H groups in total. The predicted octanol–water partition coefficient (Wildman–Crippen LogP) is 2.97. The zero-order valence-corrected chi connectivity index (χ0v) is 17.6. The Morgan fingerprint density at radius 1 is 1.16 bits per heavy atom. The van der Waals surface area contributed by atoms with Crippen molar-refractivity contribution in [1.82, 2.24) is 34.3 Å². The molecule has 0 amide bonds. The molecular formula is C23H21N7O2. The van der Waals surface area contributed by atoms with Crippen LogP contribution in [0.2, 0.25) is 0 Å². The third kappa shape index (κ3) is 2.89. The van der Waals surface area contributed by atoms with Crippen molar-refractivity contribution in [3.05, 3.63) is 81.0 Å². The van der Waals surface area contributed by atoms with Gasteiger partial charge in [-0.3, -0.25) is 14.5 Å². The van der Waals surface area contributed by atoms with Crippen molar-refractivity contribution in [2.75, 3.05) is 0 Å². The second-order valence-corrected chi connectivity index (χ2v) is 8.62. The summed E-state index contributed by atoms with van der Waals surface area (Å²) in [6.45, 7) is 4.26. The summed E-state index contributed by atoms with van der Waals surface area (Å²) in [7, 11) is 0. The number of rotatable bonds is 4. The average molecular weight is 427 g/mol. The summed E-state index contributed by atoms with van der Waals surface area (Å²) in [6.07, 6.45) is 7.79. The first-order valence-corrected chi connectivity index (χ1v) is 10.6. The lowest BCUT2D eigenvalue weighted by Gasteiger charge is -2.09. The highest BCUT2D eigenvalue weighted by molar-refractivity contribution is 5.80. The largest absolute Gasteiger partial charge is 0.325 e. The highest BCUT2D eigenvalue weighted by atomic mass is 16.2. The molecule has 1 fully saturated rings. The second-order valence-electron chi connectivity index (χ2n) is 8.62. The average Bonchev–Trinajstić information content (AvgIpc) is 3.21. The molecule has 9 nitrogen and oxygen atoms in total. The maximum absolute atomic E-state index is 12.3. The molecule has 0 radical (unpaired) electrons. The molecule has 1 unspecified atom stereocenters. The Kier molecular flexibility index (Phi) is 3.95. The van der Waals surface area contributed by atoms with Gasteiger partial charge in [-0.05, 0) is 49.8 Å². The summed E-state index contributed by atoms with van der Waals surface area (Å²) in [4.78, 5) is 33.0. The fraction of sp³-hybridized carbons (Fsp3) is 0.261. The SMILES string of the molecule is CC(C)n1ncc2ccc([C@@H]3CC3c3cc(-c4c[nH]c(=O)[nH]c4=O)nn4ccnc34)cc21. The van der Waals surface area contributed by atoms with E-state index in [0.29, 0.717) is 23.2 Å². The van der Waals surface area contributed by atoms with Gasteiger partial charge in [-0.15, -0.1) is 0 Å². The molecule has 1 saturated carbocycles. The molecule has 4 aromatic heterocycles. The van der Waals surface area contributed by atoms with Crippen molar-refractivity contribution >= 4 is 16.6 Å². The number of imidazole rings is 1. The molecule has 2 atom stereocenters. The van der Waals surface area contributed by atoms with Gasteiger partial charge in [0, 0.05) is 35.6 Å². The van der Waals surface area contributed by atoms with Crippen LogP contribution in [0.1, 0.15) is 49.3 Å². The maximum atomic E-state index is 12.3. The van der Waals surface area contributed by atoms with E-state index in [-0.39, 0.29) is 5.92 Å². The lowest BCUT2D eigenvalue weighted by atomic mass is 10.0. The molecule has 0 saturated heterocycles. The smallest absolute Gasteiger partial charge is 0.313 e. The van der Waals surface area contributed by atoms with Gasteiger partial charge in [-0.25, -0.2) is 14.3 Å². The van der Waals surface area contributed by atoms with Gasteiger partial charge >= 0.3 is 5.69 Å². The first-order chi connectivity index (χ1) is 15.5. The molecule has 0 aliphatic heterocycles. The highest BCUT2D eigenvalue weighted by Crippen LogP contribution is 2.56. The van der Waals surface area contributed by atoms with Crippen molar-refractivity contribution < 1.29 is 0 Å². The molecule has 160 valence electrons. The Labute approximate surface area is 181 Å². The van der Waals surface area contributed by atoms with Crippen molar-refractivity contribution in [2.45, 2.75) is 38.1 Å². The standard InChI is InChI=1S/C23H21N7O2/c1-12(2)30-20-7-13(3-4-14(20)10-26-30)15-8-16(15)17-9-19(28-29-6-5-24-21(17)29)18-11-25-23(32)27-22(18)31/h3-7,9-12,15-16H,8H2,1-2H3,(H2,25,27,31,32)/t15-,16?/m0/s1. The first kappa shape index (κ1) is 18.7. The van der Waals surface area contributed by atoms with Crippen molar-refractivity contribution in [2.24, 2.45) is 0 Å². The molecule has 1 aliphatic rings. The lowest BCUT2D eigenvalue weighted by Crippen LogP contribution is -2.23. The van der Waals surface area contributed by atoms with Gasteiger partial charge in [0.2, 0.25) is 0 Å². The van der Waals surface area contributed by atoms with Gasteiger partial charge in [0.15, 0.2) is 5.65 Å². The van der Waals surface area contributed by atoms with Gasteiger partial charge in [-0.2, -0.15) is 10.2 Å². The van der Waals surface area contributed by atoms with Gasteiger partial charge in [-0.1, -0.05) is 12.1 Å². The van der Waals surface area contributed by atoms with Gasteiger partial charge in [0.25, 0.3) is 5.56 Å². The number of benzene rings is 1. The minimum atomic E-state index is -0.541. The number of H-pyrrole nitrogens is 2. The van der Waals surface area contributed by atoms with Crippen LogP contribution in [0.5, 0.6) is 0 Å². The molecule has 9 heteroatoms. The summed E-state index contributed by atoms with van der Waals surface area (Å²) in [5.41, 5.74) is 4.07. The summed E-state index contributed by atoms with van der Waals surface area (Å²) >= 11 is 0. The van der Waals surface area contributed by atoms with Gasteiger partial charge in [0.1, 0.15) is 0 Å². The lowest BCUT2D eigenvalue weighted by molar-refractivity contribution is 0.550. The van der Waals surface area contributed by atoms with E-state index in [1.165, 1.54) is 11.8 Å². The maximum Gasteiger partial charge on any atom is 0.325 e. The van der Waals surface area contributed by atoms with Crippen LogP contribution in [-0.2, 0) is 0 Å². The van der Waals surface area contributed by atoms with E-state index >= 15 is 0 Å². The summed E-state index contributed by atoms with van der Waals surface area (Å²) in [6, 6.07) is 8.77. The molecule has 1 aromatic carbocycles. The Bertz CT molecular complexity index is 1600. The fourth-order valence-electron chi connectivity index (χ4n) is 4.55. The van der Waals surface area contributed by atoms with Crippen molar-refractivity contribution in [3.63, 3.8) is 0 Å². The molecule has 0 spiro atoms. The first-order valence-electron chi connectivity index (χ1n) is 10.6. The van der Waals surface area contributed by atoms with E-state index in [1.807, 2.05) is 12.3 Å². The number of nitrogens with one attached hydrogen (secondary N) is 2. The minimum absolute atomic E-state index is 0.274. The third-order valence-corrected chi connectivity index (χ3v) is 6.21. The molecule has 1 aliphatic carbocycles. The third-order valence-electron chi connectivity index (χ3n) is 6.21. The van der Waals surface area contributed by atoms with Gasteiger partial charge in [0.05, 0.1) is 23.0 Å². The van der Waals surface area contributed by atoms with E-state index in [1.54, 1.807) is 16.9 Å². The summed E-state index contributed by atoms with van der Waals surface area (Å²) < 4.78 is 3.75. The van der Waals surface area contributed by atoms with Crippen molar-refractivity contribution in [3.8, 4) is 11.3 Å². The number of hydrogen-bond donors (Lipinski definition) is 2. The van der Waals surface area contributed by atoms with Crippen molar-refractivity contribution in [1.29, 1.82) is 0 Å². The number of nitrogens with zero attached hydrogens (tertiary/aromatic N) is 5. The van der Waals surface area contributed by atoms with Crippen LogP contribution in [0.15, 0.2) is 58.6 Å². The number of fused-ring (bicyclic) bond motifs is 2. The summed E-state index contributed by atoms with van der Waals surface area (Å²) in [5.74, 6) is 0.635. The number of aromatic amines is 2. The van der Waals surface area contributed by atoms with Crippen LogP contribution < -0.4 is 11.2 Å². The Morgan fingerprint density at radius 3 is 2.84 bits per heavy atom. The Hall–Kier alpha value is -4.01. The second kappa shape index (κ2) is 6.74. The van der Waals surface area contributed by atoms with Crippen LogP contribution >= 0.6 is 0 Å². The minimum Gasteiger partial charge on any atom is -0.313 e. The number of aromatic nitrogens is 7. The zero-order valence-electron chi connectivity index (χ0n) is 17.6. The summed E-state index contributed by atoms with van der Waals surface area (Å²) in [5, 5.41) is 10.2. The molecule has 0 bridgehead atoms. The van der Waals surface area contributed by atoms with Crippen LogP contribution in [0.3, 0.4) is 0 Å². The quantitative estimate of drug-likeness (QED) is 0.458. The molecular weight excluding hydrogens is 406 g/mol. The van der Waals surface area contributed by atoms with E-state index in [9.17, 15) is 9.59 Å². The van der Waals surface area contributed by atoms with Crippen LogP contribution in [0.25, 0.3) is 27.8 Å². The van der Waals surface area contributed by atoms with E-state index in [2.05, 4.69) is 61.9 Å². The molecule has 5 aromatic rings.